The predicted octanol–water partition coefficient (Wildman–Crippen LogP) is 1.71. The minimum atomic E-state index is -1.43. The van der Waals surface area contributed by atoms with Gasteiger partial charge in [-0.1, -0.05) is 35.9 Å². The van der Waals surface area contributed by atoms with Crippen LogP contribution in [0.2, 0.25) is 5.02 Å². The van der Waals surface area contributed by atoms with Crippen molar-refractivity contribution in [2.24, 2.45) is 0 Å². The van der Waals surface area contributed by atoms with E-state index in [1.807, 2.05) is 12.1 Å². The third kappa shape index (κ3) is 3.75. The maximum Gasteiger partial charge on any atom is 0.488 e. The van der Waals surface area contributed by atoms with Crippen LogP contribution in [-0.2, 0) is 5.75 Å². The Morgan fingerprint density at radius 2 is 2.06 bits per heavy atom. The van der Waals surface area contributed by atoms with Gasteiger partial charge in [0, 0.05) is 11.9 Å². The van der Waals surface area contributed by atoms with Gasteiger partial charge in [-0.2, -0.15) is 0 Å². The third-order valence-electron chi connectivity index (χ3n) is 2.34. The van der Waals surface area contributed by atoms with E-state index in [0.29, 0.717) is 10.5 Å². The van der Waals surface area contributed by atoms with Crippen molar-refractivity contribution < 1.29 is 10.0 Å². The molecule has 0 aliphatic carbocycles. The number of hydrogen-bond acceptors (Lipinski definition) is 4. The topological polar surface area (TPSA) is 53.4 Å². The second-order valence-electron chi connectivity index (χ2n) is 3.72. The quantitative estimate of drug-likeness (QED) is 0.661. The second-order valence-corrected chi connectivity index (χ2v) is 5.15. The molecule has 0 saturated heterocycles. The van der Waals surface area contributed by atoms with Gasteiger partial charge in [-0.05, 0) is 23.2 Å². The molecule has 0 amide bonds. The van der Waals surface area contributed by atoms with E-state index in [1.165, 1.54) is 0 Å². The van der Waals surface area contributed by atoms with Gasteiger partial charge in [0.2, 0.25) is 0 Å². The van der Waals surface area contributed by atoms with Crippen LogP contribution < -0.4 is 5.46 Å². The molecule has 3 nitrogen and oxygen atoms in total. The largest absolute Gasteiger partial charge is 0.488 e. The van der Waals surface area contributed by atoms with Crippen molar-refractivity contribution in [1.29, 1.82) is 0 Å². The third-order valence-corrected chi connectivity index (χ3v) is 3.57. The molecule has 0 radical (unpaired) electrons. The second kappa shape index (κ2) is 6.25. The number of thioether (sulfide) groups is 1. The van der Waals surface area contributed by atoms with Gasteiger partial charge in [0.05, 0.1) is 10.0 Å². The highest BCUT2D eigenvalue weighted by atomic mass is 35.5. The maximum absolute atomic E-state index is 9.09. The van der Waals surface area contributed by atoms with Crippen molar-refractivity contribution in [2.45, 2.75) is 10.8 Å². The van der Waals surface area contributed by atoms with Crippen LogP contribution >= 0.6 is 23.4 Å². The fourth-order valence-electron chi connectivity index (χ4n) is 1.45. The van der Waals surface area contributed by atoms with Crippen molar-refractivity contribution in [2.75, 3.05) is 0 Å². The Balaban J connectivity index is 2.01. The number of pyridine rings is 1. The van der Waals surface area contributed by atoms with E-state index < -0.39 is 7.12 Å². The van der Waals surface area contributed by atoms with Gasteiger partial charge in [-0.15, -0.1) is 11.8 Å². The molecule has 18 heavy (non-hydrogen) atoms. The lowest BCUT2D eigenvalue weighted by atomic mass is 9.80. The zero-order valence-corrected chi connectivity index (χ0v) is 11.0. The Labute approximate surface area is 115 Å². The molecule has 0 atom stereocenters. The summed E-state index contributed by atoms with van der Waals surface area (Å²) >= 11 is 7.33. The molecule has 0 unspecified atom stereocenters. The van der Waals surface area contributed by atoms with Gasteiger partial charge in [0.25, 0.3) is 0 Å². The van der Waals surface area contributed by atoms with E-state index in [2.05, 4.69) is 4.98 Å². The lowest BCUT2D eigenvalue weighted by Crippen LogP contribution is -2.29. The molecule has 2 rings (SSSR count). The maximum atomic E-state index is 9.09. The molecule has 92 valence electrons. The minimum absolute atomic E-state index is 0.497. The van der Waals surface area contributed by atoms with Crippen LogP contribution in [0, 0.1) is 0 Å². The van der Waals surface area contributed by atoms with Gasteiger partial charge < -0.3 is 10.0 Å². The summed E-state index contributed by atoms with van der Waals surface area (Å²) in [7, 11) is -1.43. The van der Waals surface area contributed by atoms with E-state index in [9.17, 15) is 0 Å². The van der Waals surface area contributed by atoms with Gasteiger partial charge in [0.15, 0.2) is 0 Å². The average molecular weight is 280 g/mol. The first-order valence-corrected chi connectivity index (χ1v) is 6.71. The minimum Gasteiger partial charge on any atom is -0.423 e. The van der Waals surface area contributed by atoms with Gasteiger partial charge >= 0.3 is 7.12 Å². The molecule has 0 spiro atoms. The molecular formula is C12H11BClNO2S. The van der Waals surface area contributed by atoms with Crippen LogP contribution in [0.25, 0.3) is 0 Å². The van der Waals surface area contributed by atoms with Crippen LogP contribution in [0.5, 0.6) is 0 Å². The SMILES string of the molecule is OB(O)c1cccc(CSc2ccc(Cl)cn2)c1. The zero-order valence-electron chi connectivity index (χ0n) is 9.45. The van der Waals surface area contributed by atoms with Crippen molar-refractivity contribution in [3.8, 4) is 0 Å². The van der Waals surface area contributed by atoms with Crippen molar-refractivity contribution >= 4 is 35.9 Å². The van der Waals surface area contributed by atoms with E-state index in [0.717, 1.165) is 16.3 Å². The summed E-state index contributed by atoms with van der Waals surface area (Å²) in [5.74, 6) is 0.717. The number of hydrogen-bond donors (Lipinski definition) is 2. The zero-order chi connectivity index (χ0) is 13.0. The van der Waals surface area contributed by atoms with Gasteiger partial charge in [-0.3, -0.25) is 0 Å². The highest BCUT2D eigenvalue weighted by Gasteiger charge is 2.10. The van der Waals surface area contributed by atoms with Crippen molar-refractivity contribution in [3.63, 3.8) is 0 Å². The molecular weight excluding hydrogens is 268 g/mol. The molecule has 1 aromatic heterocycles. The molecule has 0 aliphatic rings. The Morgan fingerprint density at radius 3 is 2.72 bits per heavy atom. The Hall–Kier alpha value is -1.01. The van der Waals surface area contributed by atoms with Crippen LogP contribution in [-0.4, -0.2) is 22.2 Å². The van der Waals surface area contributed by atoms with Crippen LogP contribution in [0.3, 0.4) is 0 Å². The van der Waals surface area contributed by atoms with Crippen LogP contribution in [0.1, 0.15) is 5.56 Å². The standard InChI is InChI=1S/C12H11BClNO2S/c14-11-4-5-12(15-7-11)18-8-9-2-1-3-10(6-9)13(16)17/h1-7,16-17H,8H2. The fourth-order valence-corrected chi connectivity index (χ4v) is 2.35. The summed E-state index contributed by atoms with van der Waals surface area (Å²) in [6, 6.07) is 10.9. The van der Waals surface area contributed by atoms with Crippen LogP contribution in [0.15, 0.2) is 47.6 Å². The van der Waals surface area contributed by atoms with Crippen molar-refractivity contribution in [1.82, 2.24) is 4.98 Å². The molecule has 2 aromatic rings. The monoisotopic (exact) mass is 279 g/mol. The Kier molecular flexibility index (Phi) is 4.66. The van der Waals surface area contributed by atoms with Crippen LogP contribution in [0.4, 0.5) is 0 Å². The summed E-state index contributed by atoms with van der Waals surface area (Å²) in [6.45, 7) is 0. The highest BCUT2D eigenvalue weighted by molar-refractivity contribution is 7.98. The predicted molar refractivity (Wildman–Crippen MR) is 75.1 cm³/mol. The summed E-state index contributed by atoms with van der Waals surface area (Å²) in [5.41, 5.74) is 1.51. The Morgan fingerprint density at radius 1 is 1.22 bits per heavy atom. The summed E-state index contributed by atoms with van der Waals surface area (Å²) in [6.07, 6.45) is 1.61. The number of aromatic nitrogens is 1. The smallest absolute Gasteiger partial charge is 0.423 e. The lowest BCUT2D eigenvalue weighted by molar-refractivity contribution is 0.425. The van der Waals surface area contributed by atoms with E-state index in [-0.39, 0.29) is 0 Å². The molecule has 0 saturated carbocycles. The lowest BCUT2D eigenvalue weighted by Gasteiger charge is -2.04. The number of benzene rings is 1. The average Bonchev–Trinajstić information content (AvgIpc) is 2.38. The first kappa shape index (κ1) is 13.4. The van der Waals surface area contributed by atoms with E-state index in [4.69, 9.17) is 21.6 Å². The molecule has 1 aromatic carbocycles. The molecule has 0 fully saturated rings. The van der Waals surface area contributed by atoms with E-state index in [1.54, 1.807) is 42.2 Å². The molecule has 0 aliphatic heterocycles. The first-order chi connectivity index (χ1) is 8.65. The molecule has 0 bridgehead atoms. The molecule has 6 heteroatoms. The number of halogens is 1. The summed E-state index contributed by atoms with van der Waals surface area (Å²) in [5, 5.41) is 19.7. The summed E-state index contributed by atoms with van der Waals surface area (Å²) in [4.78, 5) is 4.18. The summed E-state index contributed by atoms with van der Waals surface area (Å²) < 4.78 is 0. The van der Waals surface area contributed by atoms with Crippen molar-refractivity contribution in [3.05, 3.63) is 53.2 Å². The first-order valence-electron chi connectivity index (χ1n) is 5.34. The van der Waals surface area contributed by atoms with E-state index >= 15 is 0 Å². The fraction of sp³-hybridized carbons (Fsp3) is 0.0833. The van der Waals surface area contributed by atoms with Gasteiger partial charge in [0.1, 0.15) is 0 Å². The number of nitrogens with zero attached hydrogens (tertiary/aromatic N) is 1. The van der Waals surface area contributed by atoms with Gasteiger partial charge in [-0.25, -0.2) is 4.98 Å². The Bertz CT molecular complexity index is 522. The number of rotatable bonds is 4. The highest BCUT2D eigenvalue weighted by Crippen LogP contribution is 2.21. The normalized spacial score (nSPS) is 10.4. The molecule has 1 heterocycles. The molecule has 2 N–H and O–H groups in total.